The van der Waals surface area contributed by atoms with Gasteiger partial charge in [-0.3, -0.25) is 14.9 Å². The molecule has 3 N–H and O–H groups in total. The minimum absolute atomic E-state index is 0.0117. The van der Waals surface area contributed by atoms with Gasteiger partial charge in [-0.1, -0.05) is 42.5 Å². The Morgan fingerprint density at radius 3 is 2.77 bits per heavy atom. The summed E-state index contributed by atoms with van der Waals surface area (Å²) in [5.41, 5.74) is 6.29. The predicted octanol–water partition coefficient (Wildman–Crippen LogP) is 2.02. The highest BCUT2D eigenvalue weighted by molar-refractivity contribution is 5.98. The summed E-state index contributed by atoms with van der Waals surface area (Å²) in [5.74, 6) is -0.554. The lowest BCUT2D eigenvalue weighted by molar-refractivity contribution is -0.385. The maximum absolute atomic E-state index is 12.0. The van der Waals surface area contributed by atoms with Crippen LogP contribution in [0.25, 0.3) is 6.08 Å². The van der Waals surface area contributed by atoms with Crippen molar-refractivity contribution in [1.29, 1.82) is 0 Å². The Kier molecular flexibility index (Phi) is 4.81. The molecule has 0 aliphatic rings. The van der Waals surface area contributed by atoms with Crippen molar-refractivity contribution in [3.63, 3.8) is 0 Å². The lowest BCUT2D eigenvalue weighted by Crippen LogP contribution is -2.24. The monoisotopic (exact) mass is 298 g/mol. The van der Waals surface area contributed by atoms with Crippen molar-refractivity contribution in [3.8, 4) is 0 Å². The fraction of sp³-hybridized carbons (Fsp3) is 0.0667. The Bertz CT molecular complexity index is 714. The molecular weight excluding hydrogens is 284 g/mol. The molecule has 0 unspecified atom stereocenters. The van der Waals surface area contributed by atoms with Gasteiger partial charge in [0.1, 0.15) is 12.0 Å². The molecule has 1 amide bonds. The summed E-state index contributed by atoms with van der Waals surface area (Å²) in [6, 6.07) is 10.7. The number of nitrogens with one attached hydrogen (secondary N) is 1. The van der Waals surface area contributed by atoms with Gasteiger partial charge < -0.3 is 11.1 Å². The smallest absolute Gasteiger partial charge is 0.288 e. The van der Waals surface area contributed by atoms with Gasteiger partial charge in [0, 0.05) is 12.6 Å². The predicted molar refractivity (Wildman–Crippen MR) is 83.1 cm³/mol. The van der Waals surface area contributed by atoms with E-state index in [4.69, 9.17) is 5.73 Å². The number of aromatic nitrogens is 1. The van der Waals surface area contributed by atoms with E-state index in [1.807, 2.05) is 36.4 Å². The summed E-state index contributed by atoms with van der Waals surface area (Å²) in [6.07, 6.45) is 4.64. The number of amides is 1. The van der Waals surface area contributed by atoms with Gasteiger partial charge in [0.2, 0.25) is 0 Å². The van der Waals surface area contributed by atoms with Crippen molar-refractivity contribution in [2.45, 2.75) is 0 Å². The van der Waals surface area contributed by atoms with E-state index in [0.29, 0.717) is 0 Å². The fourth-order valence-electron chi connectivity index (χ4n) is 1.75. The molecule has 1 aromatic carbocycles. The van der Waals surface area contributed by atoms with E-state index in [2.05, 4.69) is 10.3 Å². The fourth-order valence-corrected chi connectivity index (χ4v) is 1.75. The van der Waals surface area contributed by atoms with Crippen molar-refractivity contribution in [2.24, 2.45) is 0 Å². The van der Waals surface area contributed by atoms with Gasteiger partial charge in [0.05, 0.1) is 10.5 Å². The van der Waals surface area contributed by atoms with E-state index in [-0.39, 0.29) is 23.6 Å². The molecule has 0 fully saturated rings. The topological polar surface area (TPSA) is 111 Å². The summed E-state index contributed by atoms with van der Waals surface area (Å²) in [6.45, 7) is 0.274. The first-order valence-electron chi connectivity index (χ1n) is 6.47. The van der Waals surface area contributed by atoms with Crippen molar-refractivity contribution in [3.05, 3.63) is 69.9 Å². The molecule has 0 radical (unpaired) electrons. The Labute approximate surface area is 126 Å². The Balaban J connectivity index is 1.99. The summed E-state index contributed by atoms with van der Waals surface area (Å²) >= 11 is 0. The van der Waals surface area contributed by atoms with Gasteiger partial charge in [-0.2, -0.15) is 0 Å². The number of nitrogens with zero attached hydrogens (tertiary/aromatic N) is 2. The van der Waals surface area contributed by atoms with Crippen LogP contribution in [0.5, 0.6) is 0 Å². The van der Waals surface area contributed by atoms with E-state index >= 15 is 0 Å². The molecule has 0 aliphatic heterocycles. The van der Waals surface area contributed by atoms with Gasteiger partial charge in [-0.15, -0.1) is 0 Å². The van der Waals surface area contributed by atoms with Crippen molar-refractivity contribution in [2.75, 3.05) is 12.3 Å². The zero-order valence-electron chi connectivity index (χ0n) is 11.6. The zero-order valence-corrected chi connectivity index (χ0v) is 11.6. The average Bonchev–Trinajstić information content (AvgIpc) is 2.52. The third-order valence-corrected chi connectivity index (χ3v) is 2.85. The first-order chi connectivity index (χ1) is 10.6. The summed E-state index contributed by atoms with van der Waals surface area (Å²) < 4.78 is 0. The van der Waals surface area contributed by atoms with Crippen LogP contribution in [0.3, 0.4) is 0 Å². The van der Waals surface area contributed by atoms with Crippen LogP contribution in [0.4, 0.5) is 11.5 Å². The number of nitro groups is 1. The van der Waals surface area contributed by atoms with Crippen LogP contribution >= 0.6 is 0 Å². The molecule has 0 saturated heterocycles. The minimum atomic E-state index is -0.626. The van der Waals surface area contributed by atoms with E-state index in [9.17, 15) is 14.9 Å². The maximum atomic E-state index is 12.0. The molecule has 2 rings (SSSR count). The number of rotatable bonds is 5. The molecule has 7 heteroatoms. The molecule has 0 saturated carbocycles. The Morgan fingerprint density at radius 2 is 2.09 bits per heavy atom. The lowest BCUT2D eigenvalue weighted by atomic mass is 10.2. The van der Waals surface area contributed by atoms with Gasteiger partial charge in [-0.05, 0) is 5.56 Å². The van der Waals surface area contributed by atoms with E-state index < -0.39 is 10.8 Å². The number of pyridine rings is 1. The molecule has 22 heavy (non-hydrogen) atoms. The second-order valence-electron chi connectivity index (χ2n) is 4.41. The zero-order chi connectivity index (χ0) is 15.9. The van der Waals surface area contributed by atoms with E-state index in [0.717, 1.165) is 17.8 Å². The van der Waals surface area contributed by atoms with Gasteiger partial charge >= 0.3 is 0 Å². The Morgan fingerprint density at radius 1 is 1.36 bits per heavy atom. The molecule has 0 atom stereocenters. The molecule has 1 aromatic heterocycles. The normalized spacial score (nSPS) is 10.5. The maximum Gasteiger partial charge on any atom is 0.288 e. The van der Waals surface area contributed by atoms with Crippen molar-refractivity contribution < 1.29 is 9.72 Å². The number of anilines is 1. The van der Waals surface area contributed by atoms with Crippen molar-refractivity contribution in [1.82, 2.24) is 10.3 Å². The number of hydrogen-bond acceptors (Lipinski definition) is 5. The van der Waals surface area contributed by atoms with Crippen LogP contribution in [0.1, 0.15) is 15.9 Å². The third-order valence-electron chi connectivity index (χ3n) is 2.85. The highest BCUT2D eigenvalue weighted by Crippen LogP contribution is 2.16. The molecule has 7 nitrogen and oxygen atoms in total. The van der Waals surface area contributed by atoms with E-state index in [1.54, 1.807) is 6.08 Å². The summed E-state index contributed by atoms with van der Waals surface area (Å²) in [7, 11) is 0. The average molecular weight is 298 g/mol. The van der Waals surface area contributed by atoms with Crippen LogP contribution < -0.4 is 11.1 Å². The SMILES string of the molecule is Nc1ncc([N+](=O)[O-])cc1C(=O)NCC=Cc1ccccc1. The lowest BCUT2D eigenvalue weighted by Gasteiger charge is -2.04. The van der Waals surface area contributed by atoms with Gasteiger partial charge in [0.25, 0.3) is 11.6 Å². The largest absolute Gasteiger partial charge is 0.383 e. The van der Waals surface area contributed by atoms with Crippen LogP contribution in [-0.2, 0) is 0 Å². The van der Waals surface area contributed by atoms with Crippen LogP contribution in [0.2, 0.25) is 0 Å². The minimum Gasteiger partial charge on any atom is -0.383 e. The van der Waals surface area contributed by atoms with E-state index in [1.165, 1.54) is 0 Å². The number of nitrogen functional groups attached to an aromatic ring is 1. The Hall–Kier alpha value is -3.22. The molecule has 0 spiro atoms. The van der Waals surface area contributed by atoms with Crippen LogP contribution in [-0.4, -0.2) is 22.4 Å². The van der Waals surface area contributed by atoms with Gasteiger partial charge in [-0.25, -0.2) is 4.98 Å². The van der Waals surface area contributed by atoms with Crippen molar-refractivity contribution >= 4 is 23.5 Å². The molecule has 1 heterocycles. The molecular formula is C15H14N4O3. The number of benzene rings is 1. The third kappa shape index (κ3) is 3.89. The number of carbonyl (C=O) groups is 1. The number of nitrogens with two attached hydrogens (primary N) is 1. The first-order valence-corrected chi connectivity index (χ1v) is 6.47. The summed E-state index contributed by atoms with van der Waals surface area (Å²) in [5, 5.41) is 13.3. The molecule has 112 valence electrons. The quantitative estimate of drug-likeness (QED) is 0.648. The molecule has 2 aromatic rings. The number of carbonyl (C=O) groups excluding carboxylic acids is 1. The van der Waals surface area contributed by atoms with Gasteiger partial charge in [0.15, 0.2) is 0 Å². The second-order valence-corrected chi connectivity index (χ2v) is 4.41. The highest BCUT2D eigenvalue weighted by atomic mass is 16.6. The number of hydrogen-bond donors (Lipinski definition) is 2. The second kappa shape index (κ2) is 6.98. The highest BCUT2D eigenvalue weighted by Gasteiger charge is 2.15. The first kappa shape index (κ1) is 15.2. The summed E-state index contributed by atoms with van der Waals surface area (Å²) in [4.78, 5) is 25.7. The van der Waals surface area contributed by atoms with Crippen LogP contribution in [0.15, 0.2) is 48.7 Å². The molecule has 0 aliphatic carbocycles. The van der Waals surface area contributed by atoms with Crippen LogP contribution in [0, 0.1) is 10.1 Å². The molecule has 0 bridgehead atoms. The standard InChI is InChI=1S/C15H14N4O3/c16-14-13(9-12(10-18-14)19(21)22)15(20)17-8-4-7-11-5-2-1-3-6-11/h1-7,9-10H,8H2,(H2,16,18)(H,17,20).